The number of ether oxygens (including phenoxy) is 3. The van der Waals surface area contributed by atoms with E-state index in [0.29, 0.717) is 6.54 Å². The highest BCUT2D eigenvalue weighted by atomic mass is 16.7. The molecular formula is C14H21NO7. The van der Waals surface area contributed by atoms with Crippen molar-refractivity contribution in [3.8, 4) is 5.75 Å². The lowest BCUT2D eigenvalue weighted by atomic mass is 10.2. The molecule has 0 saturated carbocycles. The molecule has 0 aliphatic heterocycles. The fraction of sp³-hybridized carbons (Fsp3) is 0.429. The van der Waals surface area contributed by atoms with Crippen LogP contribution in [-0.4, -0.2) is 56.3 Å². The van der Waals surface area contributed by atoms with Crippen molar-refractivity contribution in [2.75, 3.05) is 27.9 Å². The topological polar surface area (TPSA) is 114 Å². The molecule has 1 rings (SSSR count). The van der Waals surface area contributed by atoms with Crippen molar-refractivity contribution in [2.45, 2.75) is 12.8 Å². The second kappa shape index (κ2) is 11.5. The minimum Gasteiger partial charge on any atom is -0.497 e. The van der Waals surface area contributed by atoms with Gasteiger partial charge in [-0.15, -0.1) is 0 Å². The number of benzene rings is 1. The van der Waals surface area contributed by atoms with Crippen LogP contribution in [-0.2, 0) is 25.6 Å². The van der Waals surface area contributed by atoms with E-state index in [4.69, 9.17) is 34.0 Å². The predicted molar refractivity (Wildman–Crippen MR) is 77.8 cm³/mol. The van der Waals surface area contributed by atoms with E-state index >= 15 is 0 Å². The molecule has 0 fully saturated rings. The van der Waals surface area contributed by atoms with E-state index in [1.165, 1.54) is 5.56 Å². The van der Waals surface area contributed by atoms with Crippen molar-refractivity contribution in [3.05, 3.63) is 29.8 Å². The third kappa shape index (κ3) is 8.90. The molecule has 22 heavy (non-hydrogen) atoms. The molecule has 3 N–H and O–H groups in total. The average Bonchev–Trinajstić information content (AvgIpc) is 2.52. The van der Waals surface area contributed by atoms with Crippen LogP contribution < -0.4 is 10.1 Å². The van der Waals surface area contributed by atoms with Crippen LogP contribution in [0, 0.1) is 0 Å². The van der Waals surface area contributed by atoms with Gasteiger partial charge in [0.2, 0.25) is 0 Å². The number of aliphatic carboxylic acids is 2. The van der Waals surface area contributed by atoms with Crippen molar-refractivity contribution in [3.63, 3.8) is 0 Å². The summed E-state index contributed by atoms with van der Waals surface area (Å²) in [5.41, 5.74) is 1.20. The zero-order valence-corrected chi connectivity index (χ0v) is 12.7. The normalized spacial score (nSPS) is 9.82. The molecule has 0 spiro atoms. The zero-order chi connectivity index (χ0) is 17.0. The molecule has 0 aliphatic carbocycles. The molecular weight excluding hydrogens is 294 g/mol. The SMILES string of the molecule is COc1ccc(CNCC(OC)OC)cc1.O=C(O)C(=O)O. The van der Waals surface area contributed by atoms with Crippen molar-refractivity contribution in [1.82, 2.24) is 5.32 Å². The Morgan fingerprint density at radius 1 is 1.05 bits per heavy atom. The summed E-state index contributed by atoms with van der Waals surface area (Å²) in [6, 6.07) is 7.95. The van der Waals surface area contributed by atoms with Crippen LogP contribution in [0.4, 0.5) is 0 Å². The minimum absolute atomic E-state index is 0.196. The summed E-state index contributed by atoms with van der Waals surface area (Å²) in [6.45, 7) is 1.45. The molecule has 8 nitrogen and oxygen atoms in total. The predicted octanol–water partition coefficient (Wildman–Crippen LogP) is 0.559. The summed E-state index contributed by atoms with van der Waals surface area (Å²) >= 11 is 0. The number of carbonyl (C=O) groups is 2. The maximum atomic E-state index is 9.10. The highest BCUT2D eigenvalue weighted by Gasteiger charge is 2.04. The van der Waals surface area contributed by atoms with E-state index in [2.05, 4.69) is 5.32 Å². The smallest absolute Gasteiger partial charge is 0.414 e. The van der Waals surface area contributed by atoms with Crippen LogP contribution in [0.2, 0.25) is 0 Å². The number of hydrogen-bond donors (Lipinski definition) is 3. The molecule has 0 aliphatic rings. The summed E-state index contributed by atoms with van der Waals surface area (Å²) in [7, 11) is 4.92. The Kier molecular flexibility index (Phi) is 10.4. The average molecular weight is 315 g/mol. The lowest BCUT2D eigenvalue weighted by Crippen LogP contribution is -2.29. The first-order valence-electron chi connectivity index (χ1n) is 6.30. The summed E-state index contributed by atoms with van der Waals surface area (Å²) in [6.07, 6.45) is -0.196. The van der Waals surface area contributed by atoms with Crippen LogP contribution in [0.5, 0.6) is 5.75 Å². The fourth-order valence-electron chi connectivity index (χ4n) is 1.34. The number of carboxylic acid groups (broad SMARTS) is 2. The third-order valence-corrected chi connectivity index (χ3v) is 2.51. The molecule has 0 bridgehead atoms. The summed E-state index contributed by atoms with van der Waals surface area (Å²) < 4.78 is 15.2. The summed E-state index contributed by atoms with van der Waals surface area (Å²) in [4.78, 5) is 18.2. The highest BCUT2D eigenvalue weighted by Crippen LogP contribution is 2.10. The van der Waals surface area contributed by atoms with Gasteiger partial charge >= 0.3 is 11.9 Å². The summed E-state index contributed by atoms with van der Waals surface area (Å²) in [5.74, 6) is -2.78. The lowest BCUT2D eigenvalue weighted by molar-refractivity contribution is -0.159. The second-order valence-corrected chi connectivity index (χ2v) is 3.99. The van der Waals surface area contributed by atoms with E-state index in [0.717, 1.165) is 12.3 Å². The maximum absolute atomic E-state index is 9.10. The molecule has 0 atom stereocenters. The van der Waals surface area contributed by atoms with Crippen molar-refractivity contribution in [1.29, 1.82) is 0 Å². The molecule has 8 heteroatoms. The highest BCUT2D eigenvalue weighted by molar-refractivity contribution is 6.27. The number of rotatable bonds is 7. The van der Waals surface area contributed by atoms with Gasteiger partial charge in [0, 0.05) is 27.3 Å². The fourth-order valence-corrected chi connectivity index (χ4v) is 1.34. The summed E-state index contributed by atoms with van der Waals surface area (Å²) in [5, 5.41) is 18.0. The van der Waals surface area contributed by atoms with Gasteiger partial charge in [0.1, 0.15) is 5.75 Å². The molecule has 0 radical (unpaired) electrons. The standard InChI is InChI=1S/C12H19NO3.C2H2O4/c1-14-11-6-4-10(5-7-11)8-13-9-12(15-2)16-3;3-1(4)2(5)6/h4-7,12-13H,8-9H2,1-3H3;(H,3,4)(H,5,6). The van der Waals surface area contributed by atoms with E-state index in [9.17, 15) is 0 Å². The van der Waals surface area contributed by atoms with Crippen LogP contribution in [0.25, 0.3) is 0 Å². The Morgan fingerprint density at radius 2 is 1.55 bits per heavy atom. The molecule has 1 aromatic rings. The number of hydrogen-bond acceptors (Lipinski definition) is 6. The van der Waals surface area contributed by atoms with Crippen LogP contribution >= 0.6 is 0 Å². The lowest BCUT2D eigenvalue weighted by Gasteiger charge is -2.14. The Bertz CT molecular complexity index is 431. The monoisotopic (exact) mass is 315 g/mol. The first-order chi connectivity index (χ1) is 10.4. The molecule has 124 valence electrons. The molecule has 0 heterocycles. The van der Waals surface area contributed by atoms with Crippen LogP contribution in [0.15, 0.2) is 24.3 Å². The van der Waals surface area contributed by atoms with Crippen molar-refractivity contribution in [2.24, 2.45) is 0 Å². The van der Waals surface area contributed by atoms with Gasteiger partial charge in [0.25, 0.3) is 0 Å². The second-order valence-electron chi connectivity index (χ2n) is 3.99. The molecule has 0 unspecified atom stereocenters. The largest absolute Gasteiger partial charge is 0.497 e. The Balaban J connectivity index is 0.000000626. The van der Waals surface area contributed by atoms with Gasteiger partial charge < -0.3 is 29.7 Å². The van der Waals surface area contributed by atoms with E-state index < -0.39 is 11.9 Å². The van der Waals surface area contributed by atoms with E-state index in [-0.39, 0.29) is 6.29 Å². The van der Waals surface area contributed by atoms with Crippen molar-refractivity contribution >= 4 is 11.9 Å². The third-order valence-electron chi connectivity index (χ3n) is 2.51. The van der Waals surface area contributed by atoms with E-state index in [1.807, 2.05) is 24.3 Å². The number of nitrogens with one attached hydrogen (secondary N) is 1. The Hall–Kier alpha value is -2.16. The first kappa shape index (κ1) is 19.8. The van der Waals surface area contributed by atoms with E-state index in [1.54, 1.807) is 21.3 Å². The van der Waals surface area contributed by atoms with Gasteiger partial charge in [-0.25, -0.2) is 9.59 Å². The molecule has 0 amide bonds. The van der Waals surface area contributed by atoms with Crippen LogP contribution in [0.3, 0.4) is 0 Å². The first-order valence-corrected chi connectivity index (χ1v) is 6.30. The number of methoxy groups -OCH3 is 3. The van der Waals surface area contributed by atoms with Gasteiger partial charge in [0.15, 0.2) is 6.29 Å². The van der Waals surface area contributed by atoms with Gasteiger partial charge in [-0.1, -0.05) is 12.1 Å². The molecule has 1 aromatic carbocycles. The Labute approximate surface area is 128 Å². The number of carboxylic acids is 2. The maximum Gasteiger partial charge on any atom is 0.414 e. The quantitative estimate of drug-likeness (QED) is 0.494. The van der Waals surface area contributed by atoms with Crippen LogP contribution in [0.1, 0.15) is 5.56 Å². The van der Waals surface area contributed by atoms with Gasteiger partial charge in [-0.2, -0.15) is 0 Å². The van der Waals surface area contributed by atoms with Gasteiger partial charge in [0.05, 0.1) is 7.11 Å². The van der Waals surface area contributed by atoms with Gasteiger partial charge in [-0.05, 0) is 17.7 Å². The zero-order valence-electron chi connectivity index (χ0n) is 12.7. The molecule has 0 aromatic heterocycles. The van der Waals surface area contributed by atoms with Gasteiger partial charge in [-0.3, -0.25) is 0 Å². The molecule has 0 saturated heterocycles. The Morgan fingerprint density at radius 3 is 1.91 bits per heavy atom. The van der Waals surface area contributed by atoms with Crippen molar-refractivity contribution < 1.29 is 34.0 Å². The minimum atomic E-state index is -1.82.